The van der Waals surface area contributed by atoms with E-state index in [1.165, 1.54) is 6.20 Å². The lowest BCUT2D eigenvalue weighted by Gasteiger charge is -2.09. The highest BCUT2D eigenvalue weighted by Gasteiger charge is 2.11. The van der Waals surface area contributed by atoms with E-state index in [4.69, 9.17) is 0 Å². The number of benzene rings is 1. The molecule has 0 unspecified atom stereocenters. The van der Waals surface area contributed by atoms with Crippen molar-refractivity contribution in [3.05, 3.63) is 83.6 Å². The second kappa shape index (κ2) is 10.2. The first-order valence-corrected chi connectivity index (χ1v) is 10.5. The third-order valence-electron chi connectivity index (χ3n) is 4.97. The number of amides is 1. The Morgan fingerprint density at radius 1 is 1.15 bits per heavy atom. The summed E-state index contributed by atoms with van der Waals surface area (Å²) in [7, 11) is 1.74. The number of nitrogens with one attached hydrogen (secondary N) is 4. The number of nitrogens with zero attached hydrogens (tertiary/aromatic N) is 4. The minimum atomic E-state index is -0.402. The number of imidazole rings is 1. The number of aromatic nitrogens is 5. The molecule has 3 heterocycles. The number of hydrogen-bond acceptors (Lipinski definition) is 7. The normalized spacial score (nSPS) is 10.6. The number of rotatable bonds is 9. The van der Waals surface area contributed by atoms with E-state index in [0.717, 1.165) is 25.2 Å². The maximum atomic E-state index is 12.7. The zero-order chi connectivity index (χ0) is 23.0. The summed E-state index contributed by atoms with van der Waals surface area (Å²) in [6.45, 7) is 1.68. The molecule has 0 spiro atoms. The van der Waals surface area contributed by atoms with Crippen LogP contribution in [0.3, 0.4) is 0 Å². The second-order valence-corrected chi connectivity index (χ2v) is 7.28. The molecule has 168 valence electrons. The Balaban J connectivity index is 1.38. The van der Waals surface area contributed by atoms with Gasteiger partial charge in [-0.15, -0.1) is 0 Å². The van der Waals surface area contributed by atoms with Gasteiger partial charge in [0, 0.05) is 55.5 Å². The van der Waals surface area contributed by atoms with Crippen molar-refractivity contribution in [1.82, 2.24) is 24.5 Å². The standard InChI is InChI=1S/C23H24N8O2/c1-24-21-14-26-13-20(29-21)17-11-19(23(33)28-12-17)30-22(32)16-3-5-18(6-4-16)27-7-2-9-31-10-8-25-15-31/h3-6,8,10-15,27H,2,7,9H2,1H3,(H,24,29)(H,28,33)(H,30,32). The lowest BCUT2D eigenvalue weighted by atomic mass is 10.1. The molecular formula is C23H24N8O2. The number of aromatic amines is 1. The predicted molar refractivity (Wildman–Crippen MR) is 127 cm³/mol. The first-order chi connectivity index (χ1) is 16.1. The van der Waals surface area contributed by atoms with Gasteiger partial charge in [0.25, 0.3) is 11.5 Å². The van der Waals surface area contributed by atoms with Gasteiger partial charge in [-0.25, -0.2) is 9.97 Å². The Kier molecular flexibility index (Phi) is 6.74. The molecule has 3 aromatic heterocycles. The highest BCUT2D eigenvalue weighted by atomic mass is 16.2. The molecule has 4 rings (SSSR count). The van der Waals surface area contributed by atoms with Crippen molar-refractivity contribution < 1.29 is 4.79 Å². The maximum absolute atomic E-state index is 12.7. The third kappa shape index (κ3) is 5.62. The lowest BCUT2D eigenvalue weighted by molar-refractivity contribution is 0.102. The molecule has 1 aromatic carbocycles. The van der Waals surface area contributed by atoms with Crippen LogP contribution < -0.4 is 21.5 Å². The third-order valence-corrected chi connectivity index (χ3v) is 4.97. The summed E-state index contributed by atoms with van der Waals surface area (Å²) in [6, 6.07) is 8.69. The Hall–Kier alpha value is -4.47. The largest absolute Gasteiger partial charge is 0.385 e. The molecular weight excluding hydrogens is 420 g/mol. The van der Waals surface area contributed by atoms with E-state index in [2.05, 4.69) is 35.9 Å². The molecule has 0 atom stereocenters. The second-order valence-electron chi connectivity index (χ2n) is 7.28. The SMILES string of the molecule is CNc1cncc(-c2c[nH]c(=O)c(NC(=O)c3ccc(NCCCn4ccnc4)cc3)c2)n1. The van der Waals surface area contributed by atoms with Gasteiger partial charge in [0.15, 0.2) is 0 Å². The van der Waals surface area contributed by atoms with Crippen LogP contribution in [0.15, 0.2) is 72.4 Å². The molecule has 0 aliphatic carbocycles. The van der Waals surface area contributed by atoms with Gasteiger partial charge in [0.05, 0.1) is 24.4 Å². The summed E-state index contributed by atoms with van der Waals surface area (Å²) >= 11 is 0. The molecule has 0 fully saturated rings. The van der Waals surface area contributed by atoms with Crippen LogP contribution in [0.4, 0.5) is 17.2 Å². The van der Waals surface area contributed by atoms with Crippen LogP contribution in [-0.4, -0.2) is 44.0 Å². The van der Waals surface area contributed by atoms with Crippen LogP contribution in [0.25, 0.3) is 11.3 Å². The van der Waals surface area contributed by atoms with Crippen molar-refractivity contribution in [2.75, 3.05) is 29.5 Å². The molecule has 10 nitrogen and oxygen atoms in total. The van der Waals surface area contributed by atoms with E-state index in [-0.39, 0.29) is 11.6 Å². The quantitative estimate of drug-likeness (QED) is 0.292. The predicted octanol–water partition coefficient (Wildman–Crippen LogP) is 2.82. The van der Waals surface area contributed by atoms with Crippen LogP contribution in [0.1, 0.15) is 16.8 Å². The van der Waals surface area contributed by atoms with E-state index in [9.17, 15) is 9.59 Å². The van der Waals surface area contributed by atoms with Crippen molar-refractivity contribution in [1.29, 1.82) is 0 Å². The van der Waals surface area contributed by atoms with E-state index in [1.54, 1.807) is 50.2 Å². The van der Waals surface area contributed by atoms with Crippen molar-refractivity contribution in [3.8, 4) is 11.3 Å². The summed E-state index contributed by atoms with van der Waals surface area (Å²) in [6.07, 6.45) is 11.1. The Morgan fingerprint density at radius 3 is 2.76 bits per heavy atom. The van der Waals surface area contributed by atoms with Crippen LogP contribution in [0.2, 0.25) is 0 Å². The molecule has 10 heteroatoms. The lowest BCUT2D eigenvalue weighted by Crippen LogP contribution is -2.19. The van der Waals surface area contributed by atoms with E-state index in [0.29, 0.717) is 22.6 Å². The highest BCUT2D eigenvalue weighted by molar-refractivity contribution is 6.04. The molecule has 0 radical (unpaired) electrons. The molecule has 1 amide bonds. The Bertz CT molecular complexity index is 1270. The van der Waals surface area contributed by atoms with Crippen molar-refractivity contribution in [2.24, 2.45) is 0 Å². The number of carbonyl (C=O) groups is 1. The Morgan fingerprint density at radius 2 is 2.00 bits per heavy atom. The summed E-state index contributed by atoms with van der Waals surface area (Å²) in [5.74, 6) is 0.221. The number of carbonyl (C=O) groups excluding carboxylic acids is 1. The fraction of sp³-hybridized carbons (Fsp3) is 0.174. The molecule has 33 heavy (non-hydrogen) atoms. The van der Waals surface area contributed by atoms with Gasteiger partial charge >= 0.3 is 0 Å². The van der Waals surface area contributed by atoms with Gasteiger partial charge in [0.2, 0.25) is 0 Å². The van der Waals surface area contributed by atoms with E-state index < -0.39 is 5.56 Å². The first-order valence-electron chi connectivity index (χ1n) is 10.5. The summed E-state index contributed by atoms with van der Waals surface area (Å²) < 4.78 is 2.02. The van der Waals surface area contributed by atoms with Gasteiger partial charge in [-0.2, -0.15) is 0 Å². The smallest absolute Gasteiger partial charge is 0.271 e. The minimum Gasteiger partial charge on any atom is -0.385 e. The molecule has 0 aliphatic heterocycles. The summed E-state index contributed by atoms with van der Waals surface area (Å²) in [4.78, 5) is 40.1. The molecule has 0 bridgehead atoms. The van der Waals surface area contributed by atoms with Gasteiger partial charge in [-0.05, 0) is 36.8 Å². The number of H-pyrrole nitrogens is 1. The average Bonchev–Trinajstić information content (AvgIpc) is 3.37. The van der Waals surface area contributed by atoms with Crippen molar-refractivity contribution in [3.63, 3.8) is 0 Å². The number of pyridine rings is 1. The molecule has 0 aliphatic rings. The fourth-order valence-electron chi connectivity index (χ4n) is 3.20. The van der Waals surface area contributed by atoms with Crippen LogP contribution in [-0.2, 0) is 6.54 Å². The fourth-order valence-corrected chi connectivity index (χ4v) is 3.20. The van der Waals surface area contributed by atoms with Gasteiger partial charge in [-0.1, -0.05) is 0 Å². The number of anilines is 3. The molecule has 0 saturated carbocycles. The topological polar surface area (TPSA) is 130 Å². The van der Waals surface area contributed by atoms with Crippen molar-refractivity contribution >= 4 is 23.1 Å². The summed E-state index contributed by atoms with van der Waals surface area (Å²) in [5.41, 5.74) is 2.29. The first kappa shape index (κ1) is 21.8. The Labute approximate surface area is 190 Å². The zero-order valence-electron chi connectivity index (χ0n) is 18.1. The maximum Gasteiger partial charge on any atom is 0.271 e. The van der Waals surface area contributed by atoms with Gasteiger partial charge in [-0.3, -0.25) is 14.6 Å². The molecule has 4 N–H and O–H groups in total. The summed E-state index contributed by atoms with van der Waals surface area (Å²) in [5, 5.41) is 8.93. The van der Waals surface area contributed by atoms with Gasteiger partial charge in [0.1, 0.15) is 11.5 Å². The average molecular weight is 444 g/mol. The number of hydrogen-bond donors (Lipinski definition) is 4. The molecule has 0 saturated heterocycles. The number of aryl methyl sites for hydroxylation is 1. The van der Waals surface area contributed by atoms with Crippen LogP contribution >= 0.6 is 0 Å². The van der Waals surface area contributed by atoms with Gasteiger partial charge < -0.3 is 25.5 Å². The van der Waals surface area contributed by atoms with Crippen LogP contribution in [0.5, 0.6) is 0 Å². The minimum absolute atomic E-state index is 0.135. The van der Waals surface area contributed by atoms with E-state index in [1.807, 2.05) is 22.9 Å². The van der Waals surface area contributed by atoms with Crippen molar-refractivity contribution in [2.45, 2.75) is 13.0 Å². The highest BCUT2D eigenvalue weighted by Crippen LogP contribution is 2.19. The van der Waals surface area contributed by atoms with E-state index >= 15 is 0 Å². The molecule has 4 aromatic rings. The zero-order valence-corrected chi connectivity index (χ0v) is 18.1. The van der Waals surface area contributed by atoms with Crippen LogP contribution in [0, 0.1) is 0 Å². The monoisotopic (exact) mass is 444 g/mol.